The van der Waals surface area contributed by atoms with Gasteiger partial charge in [-0.2, -0.15) is 0 Å². The lowest BCUT2D eigenvalue weighted by Gasteiger charge is -2.38. The number of nitrogens with zero attached hydrogens (tertiary/aromatic N) is 2. The van der Waals surface area contributed by atoms with E-state index in [1.807, 2.05) is 6.92 Å². The van der Waals surface area contributed by atoms with Gasteiger partial charge in [-0.25, -0.2) is 9.97 Å². The lowest BCUT2D eigenvalue weighted by Crippen LogP contribution is -2.52. The van der Waals surface area contributed by atoms with Gasteiger partial charge >= 0.3 is 0 Å². The average Bonchev–Trinajstić information content (AvgIpc) is 2.59. The Morgan fingerprint density at radius 3 is 2.63 bits per heavy atom. The SMILES string of the molecule is Cc1nc(NCC2(N)CCC2)c2c(C)c(C)sc2n1. The van der Waals surface area contributed by atoms with E-state index in [0.29, 0.717) is 0 Å². The van der Waals surface area contributed by atoms with Crippen molar-refractivity contribution < 1.29 is 0 Å². The van der Waals surface area contributed by atoms with Crippen LogP contribution in [0.5, 0.6) is 0 Å². The van der Waals surface area contributed by atoms with E-state index in [2.05, 4.69) is 29.1 Å². The number of anilines is 1. The molecule has 0 aromatic carbocycles. The normalized spacial score (nSPS) is 17.5. The molecule has 1 aliphatic carbocycles. The molecule has 0 bridgehead atoms. The van der Waals surface area contributed by atoms with Crippen LogP contribution in [0.25, 0.3) is 10.2 Å². The molecular formula is C14H20N4S. The fourth-order valence-corrected chi connectivity index (χ4v) is 3.63. The van der Waals surface area contributed by atoms with Crippen LogP contribution >= 0.6 is 11.3 Å². The highest BCUT2D eigenvalue weighted by molar-refractivity contribution is 7.18. The summed E-state index contributed by atoms with van der Waals surface area (Å²) in [6.45, 7) is 7.01. The van der Waals surface area contributed by atoms with E-state index in [9.17, 15) is 0 Å². The van der Waals surface area contributed by atoms with Crippen LogP contribution in [0, 0.1) is 20.8 Å². The van der Waals surface area contributed by atoms with Gasteiger partial charge in [0.05, 0.1) is 5.39 Å². The number of rotatable bonds is 3. The van der Waals surface area contributed by atoms with Crippen LogP contribution in [0.15, 0.2) is 0 Å². The molecule has 3 rings (SSSR count). The second-order valence-electron chi connectivity index (χ2n) is 5.65. The second kappa shape index (κ2) is 4.42. The van der Waals surface area contributed by atoms with Crippen LogP contribution in [0.3, 0.4) is 0 Å². The first kappa shape index (κ1) is 12.8. The first-order chi connectivity index (χ1) is 8.98. The summed E-state index contributed by atoms with van der Waals surface area (Å²) in [4.78, 5) is 11.5. The number of thiophene rings is 1. The molecule has 2 heterocycles. The number of hydrogen-bond acceptors (Lipinski definition) is 5. The summed E-state index contributed by atoms with van der Waals surface area (Å²) in [6, 6.07) is 0. The zero-order valence-corrected chi connectivity index (χ0v) is 12.5. The highest BCUT2D eigenvalue weighted by atomic mass is 32.1. The summed E-state index contributed by atoms with van der Waals surface area (Å²) in [6.07, 6.45) is 3.46. The topological polar surface area (TPSA) is 63.8 Å². The van der Waals surface area contributed by atoms with Gasteiger partial charge in [0, 0.05) is 17.0 Å². The molecule has 3 N–H and O–H groups in total. The molecule has 4 nitrogen and oxygen atoms in total. The minimum absolute atomic E-state index is 0.0376. The molecule has 1 saturated carbocycles. The maximum atomic E-state index is 6.27. The highest BCUT2D eigenvalue weighted by Gasteiger charge is 2.32. The van der Waals surface area contributed by atoms with E-state index < -0.39 is 0 Å². The summed E-state index contributed by atoms with van der Waals surface area (Å²) >= 11 is 1.74. The Bertz CT molecular complexity index is 628. The molecule has 102 valence electrons. The Balaban J connectivity index is 1.97. The third kappa shape index (κ3) is 2.21. The molecule has 19 heavy (non-hydrogen) atoms. The molecule has 0 amide bonds. The van der Waals surface area contributed by atoms with Gasteiger partial charge in [-0.15, -0.1) is 11.3 Å². The van der Waals surface area contributed by atoms with Crippen molar-refractivity contribution in [3.05, 3.63) is 16.3 Å². The van der Waals surface area contributed by atoms with E-state index in [-0.39, 0.29) is 5.54 Å². The molecule has 2 aromatic heterocycles. The molecule has 5 heteroatoms. The van der Waals surface area contributed by atoms with Crippen molar-refractivity contribution >= 4 is 27.4 Å². The van der Waals surface area contributed by atoms with Crippen LogP contribution in [0.1, 0.15) is 35.5 Å². The predicted octanol–water partition coefficient (Wildman–Crippen LogP) is 2.91. The average molecular weight is 276 g/mol. The van der Waals surface area contributed by atoms with Crippen molar-refractivity contribution in [2.45, 2.75) is 45.6 Å². The Kier molecular flexibility index (Phi) is 2.98. The lowest BCUT2D eigenvalue weighted by atomic mass is 9.78. The molecule has 0 saturated heterocycles. The van der Waals surface area contributed by atoms with Gasteiger partial charge in [0.25, 0.3) is 0 Å². The maximum Gasteiger partial charge on any atom is 0.138 e. The molecule has 1 fully saturated rings. The Hall–Kier alpha value is -1.20. The molecule has 0 spiro atoms. The van der Waals surface area contributed by atoms with E-state index in [1.165, 1.54) is 16.9 Å². The Labute approximate surface area is 117 Å². The Morgan fingerprint density at radius 2 is 2.00 bits per heavy atom. The third-order valence-electron chi connectivity index (χ3n) is 4.10. The predicted molar refractivity (Wildman–Crippen MR) is 80.9 cm³/mol. The van der Waals surface area contributed by atoms with Gasteiger partial charge in [0.15, 0.2) is 0 Å². The van der Waals surface area contributed by atoms with Crippen LogP contribution in [0.2, 0.25) is 0 Å². The van der Waals surface area contributed by atoms with Gasteiger partial charge in [-0.3, -0.25) is 0 Å². The summed E-state index contributed by atoms with van der Waals surface area (Å²) in [7, 11) is 0. The number of aromatic nitrogens is 2. The van der Waals surface area contributed by atoms with Crippen molar-refractivity contribution in [3.8, 4) is 0 Å². The molecule has 0 atom stereocenters. The monoisotopic (exact) mass is 276 g/mol. The summed E-state index contributed by atoms with van der Waals surface area (Å²) in [5.41, 5.74) is 7.51. The summed E-state index contributed by atoms with van der Waals surface area (Å²) in [5.74, 6) is 1.76. The molecule has 2 aromatic rings. The fourth-order valence-electron chi connectivity index (χ4n) is 2.55. The largest absolute Gasteiger partial charge is 0.368 e. The fraction of sp³-hybridized carbons (Fsp3) is 0.571. The lowest BCUT2D eigenvalue weighted by molar-refractivity contribution is 0.265. The number of fused-ring (bicyclic) bond motifs is 1. The first-order valence-corrected chi connectivity index (χ1v) is 7.57. The van der Waals surface area contributed by atoms with Crippen molar-refractivity contribution in [3.63, 3.8) is 0 Å². The summed E-state index contributed by atoms with van der Waals surface area (Å²) in [5, 5.41) is 4.62. The molecular weight excluding hydrogens is 256 g/mol. The highest BCUT2D eigenvalue weighted by Crippen LogP contribution is 2.34. The molecule has 0 unspecified atom stereocenters. The van der Waals surface area contributed by atoms with Crippen molar-refractivity contribution in [2.24, 2.45) is 5.73 Å². The zero-order chi connectivity index (χ0) is 13.6. The van der Waals surface area contributed by atoms with Crippen LogP contribution < -0.4 is 11.1 Å². The number of aryl methyl sites for hydroxylation is 3. The van der Waals surface area contributed by atoms with Crippen molar-refractivity contribution in [2.75, 3.05) is 11.9 Å². The quantitative estimate of drug-likeness (QED) is 0.904. The Morgan fingerprint density at radius 1 is 1.26 bits per heavy atom. The van der Waals surface area contributed by atoms with Gasteiger partial charge in [-0.1, -0.05) is 0 Å². The minimum Gasteiger partial charge on any atom is -0.368 e. The van der Waals surface area contributed by atoms with E-state index in [1.54, 1.807) is 11.3 Å². The van der Waals surface area contributed by atoms with Crippen molar-refractivity contribution in [1.29, 1.82) is 0 Å². The van der Waals surface area contributed by atoms with Gasteiger partial charge in [-0.05, 0) is 45.6 Å². The maximum absolute atomic E-state index is 6.27. The van der Waals surface area contributed by atoms with Gasteiger partial charge < -0.3 is 11.1 Å². The van der Waals surface area contributed by atoms with Crippen LogP contribution in [-0.4, -0.2) is 22.1 Å². The standard InChI is InChI=1S/C14H20N4S/c1-8-9(2)19-13-11(8)12(17-10(3)18-13)16-7-14(15)5-4-6-14/h4-7,15H2,1-3H3,(H,16,17,18). The third-order valence-corrected chi connectivity index (χ3v) is 5.20. The first-order valence-electron chi connectivity index (χ1n) is 6.76. The van der Waals surface area contributed by atoms with E-state index >= 15 is 0 Å². The van der Waals surface area contributed by atoms with E-state index in [4.69, 9.17) is 5.73 Å². The minimum atomic E-state index is -0.0376. The zero-order valence-electron chi connectivity index (χ0n) is 11.7. The molecule has 1 aliphatic rings. The van der Waals surface area contributed by atoms with Gasteiger partial charge in [0.2, 0.25) is 0 Å². The van der Waals surface area contributed by atoms with Crippen molar-refractivity contribution in [1.82, 2.24) is 9.97 Å². The second-order valence-corrected chi connectivity index (χ2v) is 6.86. The van der Waals surface area contributed by atoms with E-state index in [0.717, 1.165) is 41.2 Å². The molecule has 0 aliphatic heterocycles. The number of nitrogens with one attached hydrogen (secondary N) is 1. The molecule has 0 radical (unpaired) electrons. The van der Waals surface area contributed by atoms with Crippen LogP contribution in [0.4, 0.5) is 5.82 Å². The number of nitrogens with two attached hydrogens (primary N) is 1. The summed E-state index contributed by atoms with van der Waals surface area (Å²) < 4.78 is 0. The smallest absolute Gasteiger partial charge is 0.138 e. The van der Waals surface area contributed by atoms with Crippen LogP contribution in [-0.2, 0) is 0 Å². The van der Waals surface area contributed by atoms with Gasteiger partial charge in [0.1, 0.15) is 16.5 Å². The number of hydrogen-bond donors (Lipinski definition) is 2.